The van der Waals surface area contributed by atoms with Gasteiger partial charge in [0, 0.05) is 20.1 Å². The molecule has 8 nitrogen and oxygen atoms in total. The van der Waals surface area contributed by atoms with Gasteiger partial charge in [-0.15, -0.1) is 6.58 Å². The van der Waals surface area contributed by atoms with Gasteiger partial charge in [-0.1, -0.05) is 6.08 Å². The number of anilines is 1. The predicted molar refractivity (Wildman–Crippen MR) is 90.3 cm³/mol. The third-order valence-electron chi connectivity index (χ3n) is 4.27. The first-order valence-corrected chi connectivity index (χ1v) is 7.57. The number of hydrogen-bond acceptors (Lipinski definition) is 5. The Morgan fingerprint density at radius 3 is 2.65 bits per heavy atom. The van der Waals surface area contributed by atoms with E-state index < -0.39 is 5.69 Å². The van der Waals surface area contributed by atoms with Gasteiger partial charge < -0.3 is 0 Å². The third-order valence-corrected chi connectivity index (χ3v) is 4.27. The van der Waals surface area contributed by atoms with E-state index in [0.29, 0.717) is 23.7 Å². The second-order valence-electron chi connectivity index (χ2n) is 5.63. The maximum Gasteiger partial charge on any atom is 0.332 e. The normalized spacial score (nSPS) is 17.3. The van der Waals surface area contributed by atoms with E-state index in [9.17, 15) is 9.59 Å². The number of fused-ring (bicyclic) bond motifs is 3. The second kappa shape index (κ2) is 5.22. The zero-order chi connectivity index (χ0) is 16.9. The topological polar surface area (TPSA) is 77.4 Å². The van der Waals surface area contributed by atoms with Crippen molar-refractivity contribution in [2.24, 2.45) is 12.1 Å². The average Bonchev–Trinajstić information content (AvgIpc) is 2.94. The summed E-state index contributed by atoms with van der Waals surface area (Å²) >= 11 is 0. The van der Waals surface area contributed by atoms with Crippen LogP contribution in [0.5, 0.6) is 0 Å². The molecule has 0 N–H and O–H groups in total. The fourth-order valence-electron chi connectivity index (χ4n) is 2.88. The van der Waals surface area contributed by atoms with Crippen LogP contribution in [-0.4, -0.2) is 30.9 Å². The number of rotatable bonds is 3. The van der Waals surface area contributed by atoms with Crippen LogP contribution in [0.4, 0.5) is 5.95 Å². The number of hydrogen-bond donors (Lipinski definition) is 0. The van der Waals surface area contributed by atoms with Crippen LogP contribution in [0, 0.1) is 0 Å². The van der Waals surface area contributed by atoms with Gasteiger partial charge in [0.1, 0.15) is 0 Å². The molecule has 0 saturated carbocycles. The Morgan fingerprint density at radius 1 is 1.35 bits per heavy atom. The molecule has 0 amide bonds. The van der Waals surface area contributed by atoms with Crippen LogP contribution in [0.2, 0.25) is 0 Å². The number of allylic oxidation sites excluding steroid dienone is 1. The van der Waals surface area contributed by atoms with Crippen molar-refractivity contribution in [2.75, 3.05) is 11.6 Å². The van der Waals surface area contributed by atoms with Crippen molar-refractivity contribution in [1.82, 2.24) is 18.7 Å². The Labute approximate surface area is 133 Å². The first-order valence-electron chi connectivity index (χ1n) is 7.57. The highest BCUT2D eigenvalue weighted by Crippen LogP contribution is 2.29. The summed E-state index contributed by atoms with van der Waals surface area (Å²) < 4.78 is 4.44. The highest BCUT2D eigenvalue weighted by atomic mass is 16.2. The molecule has 1 unspecified atom stereocenters. The molecule has 0 spiro atoms. The van der Waals surface area contributed by atoms with Crippen molar-refractivity contribution in [1.29, 1.82) is 0 Å². The number of aryl methyl sites for hydroxylation is 1. The quantitative estimate of drug-likeness (QED) is 0.787. The maximum atomic E-state index is 12.9. The first kappa shape index (κ1) is 15.3. The Kier molecular flexibility index (Phi) is 3.46. The van der Waals surface area contributed by atoms with Gasteiger partial charge in [-0.25, -0.2) is 9.80 Å². The van der Waals surface area contributed by atoms with Crippen molar-refractivity contribution >= 4 is 22.8 Å². The molecule has 0 radical (unpaired) electrons. The van der Waals surface area contributed by atoms with E-state index in [1.807, 2.05) is 25.3 Å². The van der Waals surface area contributed by atoms with Crippen LogP contribution in [0.1, 0.15) is 26.8 Å². The number of imidazole rings is 1. The molecule has 2 aromatic rings. The van der Waals surface area contributed by atoms with Gasteiger partial charge in [-0.05, 0) is 20.8 Å². The number of nitrogens with zero attached hydrogens (tertiary/aromatic N) is 6. The van der Waals surface area contributed by atoms with Crippen molar-refractivity contribution in [2.45, 2.75) is 33.4 Å². The Balaban J connectivity index is 2.48. The highest BCUT2D eigenvalue weighted by molar-refractivity contribution is 5.90. The van der Waals surface area contributed by atoms with Gasteiger partial charge in [-0.2, -0.15) is 10.1 Å². The molecule has 3 heterocycles. The van der Waals surface area contributed by atoms with E-state index in [-0.39, 0.29) is 18.1 Å². The fourth-order valence-corrected chi connectivity index (χ4v) is 2.88. The molecule has 0 bridgehead atoms. The first-order chi connectivity index (χ1) is 10.9. The Bertz CT molecular complexity index is 945. The standard InChI is InChI=1S/C15H20N6O2/c1-6-8-19-13(22)11-12(18(5)15(19)23)16-14-20(7-2)17-9(3)10(4)21(11)14/h6,10H,1,7-8H2,2-5H3. The minimum Gasteiger partial charge on any atom is -0.294 e. The fraction of sp³-hybridized carbons (Fsp3) is 0.467. The molecule has 0 fully saturated rings. The number of hydrazone groups is 1. The molecule has 1 atom stereocenters. The van der Waals surface area contributed by atoms with Gasteiger partial charge in [0.05, 0.1) is 11.8 Å². The monoisotopic (exact) mass is 316 g/mol. The average molecular weight is 316 g/mol. The smallest absolute Gasteiger partial charge is 0.294 e. The van der Waals surface area contributed by atoms with Crippen LogP contribution in [0.15, 0.2) is 27.3 Å². The summed E-state index contributed by atoms with van der Waals surface area (Å²) in [5, 5.41) is 6.26. The van der Waals surface area contributed by atoms with Gasteiger partial charge in [0.2, 0.25) is 5.95 Å². The minimum absolute atomic E-state index is 0.0971. The SMILES string of the molecule is C=CCn1c(=O)c2c(nc3n2C(C)C(C)=NN3CC)n(C)c1=O. The Hall–Kier alpha value is -2.64. The van der Waals surface area contributed by atoms with Crippen molar-refractivity contribution in [3.8, 4) is 0 Å². The maximum absolute atomic E-state index is 12.9. The predicted octanol–water partition coefficient (Wildman–Crippen LogP) is 0.859. The lowest BCUT2D eigenvalue weighted by Gasteiger charge is -2.28. The minimum atomic E-state index is -0.397. The summed E-state index contributed by atoms with van der Waals surface area (Å²) in [6.45, 7) is 10.3. The van der Waals surface area contributed by atoms with E-state index in [2.05, 4.69) is 16.7 Å². The summed E-state index contributed by atoms with van der Waals surface area (Å²) in [6.07, 6.45) is 1.54. The van der Waals surface area contributed by atoms with Gasteiger partial charge in [0.25, 0.3) is 5.56 Å². The largest absolute Gasteiger partial charge is 0.332 e. The van der Waals surface area contributed by atoms with E-state index in [0.717, 1.165) is 5.71 Å². The molecule has 23 heavy (non-hydrogen) atoms. The van der Waals surface area contributed by atoms with Crippen LogP contribution >= 0.6 is 0 Å². The molecule has 0 saturated heterocycles. The molecule has 0 aromatic carbocycles. The van der Waals surface area contributed by atoms with Crippen LogP contribution in [0.3, 0.4) is 0 Å². The second-order valence-corrected chi connectivity index (χ2v) is 5.63. The van der Waals surface area contributed by atoms with Crippen molar-refractivity contribution < 1.29 is 0 Å². The molecule has 1 aliphatic rings. The lowest BCUT2D eigenvalue weighted by atomic mass is 10.2. The number of aromatic nitrogens is 4. The zero-order valence-electron chi connectivity index (χ0n) is 13.8. The summed E-state index contributed by atoms with van der Waals surface area (Å²) in [4.78, 5) is 29.8. The van der Waals surface area contributed by atoms with Gasteiger partial charge in [-0.3, -0.25) is 18.5 Å². The molecule has 3 rings (SSSR count). The molecular formula is C15H20N6O2. The third kappa shape index (κ3) is 1.97. The van der Waals surface area contributed by atoms with Crippen LogP contribution in [0.25, 0.3) is 11.2 Å². The van der Waals surface area contributed by atoms with E-state index >= 15 is 0 Å². The van der Waals surface area contributed by atoms with Gasteiger partial charge in [0.15, 0.2) is 11.2 Å². The van der Waals surface area contributed by atoms with E-state index in [1.165, 1.54) is 15.2 Å². The zero-order valence-corrected chi connectivity index (χ0v) is 13.8. The summed E-state index contributed by atoms with van der Waals surface area (Å²) in [6, 6.07) is -0.0971. The molecule has 122 valence electrons. The Morgan fingerprint density at radius 2 is 2.04 bits per heavy atom. The summed E-state index contributed by atoms with van der Waals surface area (Å²) in [5.74, 6) is 0.587. The lowest BCUT2D eigenvalue weighted by molar-refractivity contribution is 0.634. The van der Waals surface area contributed by atoms with Crippen LogP contribution in [-0.2, 0) is 13.6 Å². The molecule has 8 heteroatoms. The highest BCUT2D eigenvalue weighted by Gasteiger charge is 2.29. The molecule has 2 aromatic heterocycles. The van der Waals surface area contributed by atoms with E-state index in [1.54, 1.807) is 12.1 Å². The lowest BCUT2D eigenvalue weighted by Crippen LogP contribution is -2.40. The van der Waals surface area contributed by atoms with Crippen LogP contribution < -0.4 is 16.3 Å². The molecular weight excluding hydrogens is 296 g/mol. The summed E-state index contributed by atoms with van der Waals surface area (Å²) in [5.41, 5.74) is 0.947. The summed E-state index contributed by atoms with van der Waals surface area (Å²) in [7, 11) is 1.62. The molecule has 0 aliphatic carbocycles. The van der Waals surface area contributed by atoms with Crippen molar-refractivity contribution in [3.05, 3.63) is 33.5 Å². The van der Waals surface area contributed by atoms with Crippen molar-refractivity contribution in [3.63, 3.8) is 0 Å². The van der Waals surface area contributed by atoms with Gasteiger partial charge >= 0.3 is 5.69 Å². The van der Waals surface area contributed by atoms with E-state index in [4.69, 9.17) is 0 Å². The molecule has 1 aliphatic heterocycles.